The second kappa shape index (κ2) is 7.17. The van der Waals surface area contributed by atoms with E-state index in [0.717, 1.165) is 22.1 Å². The summed E-state index contributed by atoms with van der Waals surface area (Å²) in [6, 6.07) is 13.9. The summed E-state index contributed by atoms with van der Waals surface area (Å²) >= 11 is 7.08. The van der Waals surface area contributed by atoms with Crippen molar-refractivity contribution in [2.45, 2.75) is 12.1 Å². The van der Waals surface area contributed by atoms with Crippen LogP contribution in [0.1, 0.15) is 5.56 Å². The zero-order chi connectivity index (χ0) is 19.0. The molecule has 1 N–H and O–H groups in total. The average molecular weight is 401 g/mol. The lowest BCUT2D eigenvalue weighted by molar-refractivity contribution is -0.113. The van der Waals surface area contributed by atoms with E-state index in [1.54, 1.807) is 0 Å². The van der Waals surface area contributed by atoms with E-state index in [-0.39, 0.29) is 17.3 Å². The Labute approximate surface area is 163 Å². The van der Waals surface area contributed by atoms with Gasteiger partial charge in [-0.15, -0.1) is 10.2 Å². The molecule has 0 spiro atoms. The van der Waals surface area contributed by atoms with E-state index in [1.807, 2.05) is 41.7 Å². The van der Waals surface area contributed by atoms with Crippen LogP contribution in [0.4, 0.5) is 10.1 Å². The minimum atomic E-state index is -0.535. The summed E-state index contributed by atoms with van der Waals surface area (Å²) < 4.78 is 15.7. The Morgan fingerprint density at radius 1 is 1.22 bits per heavy atom. The normalized spacial score (nSPS) is 11.2. The fraction of sp³-hybridized carbons (Fsp3) is 0.105. The first kappa shape index (κ1) is 17.8. The number of thioether (sulfide) groups is 1. The number of fused-ring (bicyclic) bond motifs is 3. The van der Waals surface area contributed by atoms with E-state index in [2.05, 4.69) is 15.5 Å². The third-order valence-corrected chi connectivity index (χ3v) is 5.27. The Hall–Kier alpha value is -2.64. The Morgan fingerprint density at radius 2 is 2.04 bits per heavy atom. The lowest BCUT2D eigenvalue weighted by atomic mass is 10.1. The van der Waals surface area contributed by atoms with Crippen molar-refractivity contribution in [2.75, 3.05) is 11.1 Å². The molecular formula is C19H14ClFN4OS. The van der Waals surface area contributed by atoms with Gasteiger partial charge in [0.15, 0.2) is 10.8 Å². The van der Waals surface area contributed by atoms with Crippen LogP contribution in [0.3, 0.4) is 0 Å². The molecule has 0 fully saturated rings. The number of benzene rings is 2. The molecule has 0 aliphatic rings. The number of rotatable bonds is 4. The molecule has 0 saturated heterocycles. The number of carbonyl (C=O) groups is 1. The molecule has 0 saturated carbocycles. The number of aromatic nitrogens is 3. The summed E-state index contributed by atoms with van der Waals surface area (Å²) in [5, 5.41) is 13.0. The van der Waals surface area contributed by atoms with Gasteiger partial charge < -0.3 is 5.32 Å². The predicted octanol–water partition coefficient (Wildman–Crippen LogP) is 4.71. The maximum atomic E-state index is 13.8. The molecule has 0 radical (unpaired) electrons. The van der Waals surface area contributed by atoms with E-state index in [9.17, 15) is 9.18 Å². The molecular weight excluding hydrogens is 387 g/mol. The predicted molar refractivity (Wildman–Crippen MR) is 106 cm³/mol. The molecule has 2 aromatic carbocycles. The van der Waals surface area contributed by atoms with Crippen molar-refractivity contribution in [1.82, 2.24) is 14.6 Å². The van der Waals surface area contributed by atoms with Crippen LogP contribution in [0.15, 0.2) is 53.7 Å². The molecule has 1 amide bonds. The maximum Gasteiger partial charge on any atom is 0.234 e. The average Bonchev–Trinajstić information content (AvgIpc) is 3.06. The Bertz CT molecular complexity index is 1180. The molecule has 2 aromatic heterocycles. The molecule has 4 rings (SSSR count). The van der Waals surface area contributed by atoms with Gasteiger partial charge in [-0.05, 0) is 42.8 Å². The van der Waals surface area contributed by atoms with Gasteiger partial charge in [0.05, 0.1) is 17.0 Å². The van der Waals surface area contributed by atoms with E-state index >= 15 is 0 Å². The number of halogens is 2. The van der Waals surface area contributed by atoms with Crippen LogP contribution in [0, 0.1) is 12.7 Å². The molecule has 5 nitrogen and oxygen atoms in total. The highest BCUT2D eigenvalue weighted by molar-refractivity contribution is 7.99. The van der Waals surface area contributed by atoms with Gasteiger partial charge in [-0.2, -0.15) is 0 Å². The van der Waals surface area contributed by atoms with Gasteiger partial charge in [0.1, 0.15) is 5.82 Å². The zero-order valence-corrected chi connectivity index (χ0v) is 15.8. The van der Waals surface area contributed by atoms with Crippen molar-refractivity contribution in [3.8, 4) is 0 Å². The fourth-order valence-corrected chi connectivity index (χ4v) is 3.80. The Morgan fingerprint density at radius 3 is 2.89 bits per heavy atom. The highest BCUT2D eigenvalue weighted by Gasteiger charge is 2.14. The van der Waals surface area contributed by atoms with Crippen LogP contribution in [-0.2, 0) is 4.79 Å². The van der Waals surface area contributed by atoms with Gasteiger partial charge in [0.25, 0.3) is 0 Å². The second-order valence-corrected chi connectivity index (χ2v) is 7.36. The summed E-state index contributed by atoms with van der Waals surface area (Å²) in [6.45, 7) is 2.02. The summed E-state index contributed by atoms with van der Waals surface area (Å²) in [5.74, 6) is -0.823. The van der Waals surface area contributed by atoms with E-state index in [1.165, 1.54) is 30.0 Å². The number of amides is 1. The first-order chi connectivity index (χ1) is 13.0. The van der Waals surface area contributed by atoms with E-state index in [4.69, 9.17) is 11.6 Å². The number of para-hydroxylation sites is 1. The molecule has 0 bridgehead atoms. The first-order valence-electron chi connectivity index (χ1n) is 8.14. The standard InChI is InChI=1S/C19H14ClFN4OS/c1-11-8-17-23-24-19(25(17)16-5-3-2-4-13(11)16)27-10-18(26)22-15-9-12(20)6-7-14(15)21/h2-9H,10H2,1H3,(H,22,26). The minimum Gasteiger partial charge on any atom is -0.323 e. The Balaban J connectivity index is 1.58. The lowest BCUT2D eigenvalue weighted by Crippen LogP contribution is -2.15. The maximum absolute atomic E-state index is 13.8. The molecule has 0 unspecified atom stereocenters. The monoisotopic (exact) mass is 400 g/mol. The first-order valence-corrected chi connectivity index (χ1v) is 9.50. The van der Waals surface area contributed by atoms with Crippen LogP contribution in [-0.4, -0.2) is 26.3 Å². The molecule has 136 valence electrons. The van der Waals surface area contributed by atoms with Gasteiger partial charge >= 0.3 is 0 Å². The van der Waals surface area contributed by atoms with Crippen molar-refractivity contribution < 1.29 is 9.18 Å². The molecule has 0 aliphatic heterocycles. The van der Waals surface area contributed by atoms with Gasteiger partial charge in [0.2, 0.25) is 5.91 Å². The number of carbonyl (C=O) groups excluding carboxylic acids is 1. The van der Waals surface area contributed by atoms with Crippen LogP contribution in [0.2, 0.25) is 5.02 Å². The zero-order valence-electron chi connectivity index (χ0n) is 14.2. The molecule has 0 atom stereocenters. The Kier molecular flexibility index (Phi) is 4.72. The van der Waals surface area contributed by atoms with Crippen LogP contribution < -0.4 is 5.32 Å². The van der Waals surface area contributed by atoms with Gasteiger partial charge in [0, 0.05) is 10.4 Å². The van der Waals surface area contributed by atoms with Crippen molar-refractivity contribution in [3.05, 3.63) is 64.9 Å². The minimum absolute atomic E-state index is 0.0558. The molecule has 8 heteroatoms. The molecule has 0 aliphatic carbocycles. The molecule has 2 heterocycles. The van der Waals surface area contributed by atoms with Gasteiger partial charge in [-0.25, -0.2) is 4.39 Å². The smallest absolute Gasteiger partial charge is 0.234 e. The number of hydrogen-bond donors (Lipinski definition) is 1. The third-order valence-electron chi connectivity index (χ3n) is 4.11. The van der Waals surface area contributed by atoms with E-state index in [0.29, 0.717) is 10.2 Å². The lowest BCUT2D eigenvalue weighted by Gasteiger charge is -2.08. The highest BCUT2D eigenvalue weighted by atomic mass is 35.5. The number of nitrogens with zero attached hydrogens (tertiary/aromatic N) is 3. The summed E-state index contributed by atoms with van der Waals surface area (Å²) in [4.78, 5) is 12.2. The summed E-state index contributed by atoms with van der Waals surface area (Å²) in [5.41, 5.74) is 2.85. The van der Waals surface area contributed by atoms with Gasteiger partial charge in [-0.3, -0.25) is 9.20 Å². The third kappa shape index (κ3) is 3.48. The van der Waals surface area contributed by atoms with Crippen molar-refractivity contribution in [3.63, 3.8) is 0 Å². The highest BCUT2D eigenvalue weighted by Crippen LogP contribution is 2.26. The number of hydrogen-bond acceptors (Lipinski definition) is 4. The number of aryl methyl sites for hydroxylation is 1. The number of pyridine rings is 1. The van der Waals surface area contributed by atoms with Crippen LogP contribution in [0.25, 0.3) is 16.6 Å². The molecule has 4 aromatic rings. The fourth-order valence-electron chi connectivity index (χ4n) is 2.88. The van der Waals surface area contributed by atoms with Crippen molar-refractivity contribution >= 4 is 51.5 Å². The van der Waals surface area contributed by atoms with Crippen LogP contribution in [0.5, 0.6) is 0 Å². The van der Waals surface area contributed by atoms with Crippen LogP contribution >= 0.6 is 23.4 Å². The number of anilines is 1. The number of nitrogens with one attached hydrogen (secondary N) is 1. The molecule has 27 heavy (non-hydrogen) atoms. The van der Waals surface area contributed by atoms with Crippen molar-refractivity contribution in [1.29, 1.82) is 0 Å². The SMILES string of the molecule is Cc1cc2nnc(SCC(=O)Nc3cc(Cl)ccc3F)n2c2ccccc12. The van der Waals surface area contributed by atoms with Crippen molar-refractivity contribution in [2.24, 2.45) is 0 Å². The summed E-state index contributed by atoms with van der Waals surface area (Å²) in [6.07, 6.45) is 0. The van der Waals surface area contributed by atoms with Gasteiger partial charge in [-0.1, -0.05) is 41.6 Å². The largest absolute Gasteiger partial charge is 0.323 e. The van der Waals surface area contributed by atoms with E-state index < -0.39 is 5.82 Å². The quantitative estimate of drug-likeness (QED) is 0.504. The second-order valence-electron chi connectivity index (χ2n) is 5.98. The topological polar surface area (TPSA) is 59.3 Å². The summed E-state index contributed by atoms with van der Waals surface area (Å²) in [7, 11) is 0.